The van der Waals surface area contributed by atoms with Crippen LogP contribution in [0.4, 0.5) is 0 Å². The number of morpholine rings is 1. The molecule has 1 aromatic carbocycles. The Morgan fingerprint density at radius 1 is 1.19 bits per heavy atom. The van der Waals surface area contributed by atoms with Crippen LogP contribution in [0.2, 0.25) is 0 Å². The van der Waals surface area contributed by atoms with Crippen molar-refractivity contribution in [3.63, 3.8) is 0 Å². The average molecular weight is 393 g/mol. The number of ether oxygens (including phenoxy) is 1. The van der Waals surface area contributed by atoms with Crippen molar-refractivity contribution >= 4 is 33.3 Å². The number of hydrogen-bond donors (Lipinski definition) is 1. The summed E-state index contributed by atoms with van der Waals surface area (Å²) in [5.74, 6) is -0.191. The average Bonchev–Trinajstić information content (AvgIpc) is 3.19. The molecule has 0 radical (unpaired) electrons. The Balaban J connectivity index is 1.59. The van der Waals surface area contributed by atoms with Crippen LogP contribution >= 0.6 is 11.3 Å². The minimum atomic E-state index is -3.49. The largest absolute Gasteiger partial charge is 0.379 e. The van der Waals surface area contributed by atoms with Gasteiger partial charge in [0.15, 0.2) is 0 Å². The Kier molecular flexibility index (Phi) is 6.20. The molecule has 1 aromatic heterocycles. The standard InChI is InChI=1S/C18H20N2O4S2/c21-18(19-14-16-2-1-13-25-16)8-5-15-3-6-17(7-4-15)26(22,23)20-9-11-24-12-10-20/h1-8,13H,9-12,14H2,(H,19,21)/b8-5+. The van der Waals surface area contributed by atoms with Crippen LogP contribution in [-0.4, -0.2) is 44.9 Å². The lowest BCUT2D eigenvalue weighted by Gasteiger charge is -2.26. The minimum Gasteiger partial charge on any atom is -0.379 e. The van der Waals surface area contributed by atoms with Crippen LogP contribution in [-0.2, 0) is 26.1 Å². The topological polar surface area (TPSA) is 75.7 Å². The van der Waals surface area contributed by atoms with Gasteiger partial charge in [-0.3, -0.25) is 4.79 Å². The molecule has 3 rings (SSSR count). The molecule has 26 heavy (non-hydrogen) atoms. The van der Waals surface area contributed by atoms with Gasteiger partial charge < -0.3 is 10.1 Å². The highest BCUT2D eigenvalue weighted by Gasteiger charge is 2.25. The van der Waals surface area contributed by atoms with Crippen LogP contribution in [0.1, 0.15) is 10.4 Å². The number of carbonyl (C=O) groups excluding carboxylic acids is 1. The van der Waals surface area contributed by atoms with Gasteiger partial charge >= 0.3 is 0 Å². The van der Waals surface area contributed by atoms with Gasteiger partial charge in [-0.25, -0.2) is 8.42 Å². The predicted molar refractivity (Wildman–Crippen MR) is 101 cm³/mol. The van der Waals surface area contributed by atoms with Gasteiger partial charge in [0.05, 0.1) is 24.7 Å². The zero-order valence-corrected chi connectivity index (χ0v) is 15.8. The van der Waals surface area contributed by atoms with Crippen LogP contribution < -0.4 is 5.32 Å². The van der Waals surface area contributed by atoms with Crippen molar-refractivity contribution < 1.29 is 17.9 Å². The highest BCUT2D eigenvalue weighted by Crippen LogP contribution is 2.18. The summed E-state index contributed by atoms with van der Waals surface area (Å²) in [6, 6.07) is 10.4. The van der Waals surface area contributed by atoms with Gasteiger partial charge in [-0.1, -0.05) is 18.2 Å². The van der Waals surface area contributed by atoms with Crippen molar-refractivity contribution in [3.8, 4) is 0 Å². The first-order chi connectivity index (χ1) is 12.6. The first-order valence-corrected chi connectivity index (χ1v) is 10.5. The van der Waals surface area contributed by atoms with E-state index in [4.69, 9.17) is 4.74 Å². The third kappa shape index (κ3) is 4.79. The normalized spacial score (nSPS) is 16.0. The number of hydrogen-bond acceptors (Lipinski definition) is 5. The number of nitrogens with zero attached hydrogens (tertiary/aromatic N) is 1. The van der Waals surface area contributed by atoms with Crippen molar-refractivity contribution in [2.75, 3.05) is 26.3 Å². The molecule has 2 heterocycles. The molecule has 1 fully saturated rings. The third-order valence-electron chi connectivity index (χ3n) is 3.93. The Bertz CT molecular complexity index is 853. The first-order valence-electron chi connectivity index (χ1n) is 8.22. The quantitative estimate of drug-likeness (QED) is 0.764. The van der Waals surface area contributed by atoms with E-state index in [1.807, 2.05) is 17.5 Å². The van der Waals surface area contributed by atoms with E-state index < -0.39 is 10.0 Å². The predicted octanol–water partition coefficient (Wildman–Crippen LogP) is 2.10. The molecule has 0 unspecified atom stereocenters. The Morgan fingerprint density at radius 2 is 1.92 bits per heavy atom. The zero-order chi connectivity index (χ0) is 18.4. The molecule has 1 amide bonds. The molecule has 0 bridgehead atoms. The molecule has 138 valence electrons. The lowest BCUT2D eigenvalue weighted by Crippen LogP contribution is -2.40. The number of sulfonamides is 1. The molecule has 1 N–H and O–H groups in total. The molecule has 1 saturated heterocycles. The molecule has 0 atom stereocenters. The molecule has 2 aromatic rings. The second-order valence-corrected chi connectivity index (χ2v) is 8.69. The third-order valence-corrected chi connectivity index (χ3v) is 6.72. The molecule has 0 spiro atoms. The Hall–Kier alpha value is -2.00. The number of rotatable bonds is 6. The van der Waals surface area contributed by atoms with Gasteiger partial charge in [-0.2, -0.15) is 4.31 Å². The number of nitrogens with one attached hydrogen (secondary N) is 1. The molecule has 0 aliphatic carbocycles. The van der Waals surface area contributed by atoms with Gasteiger partial charge in [0.25, 0.3) is 0 Å². The lowest BCUT2D eigenvalue weighted by molar-refractivity contribution is -0.116. The van der Waals surface area contributed by atoms with Crippen molar-refractivity contribution in [1.29, 1.82) is 0 Å². The SMILES string of the molecule is O=C(/C=C/c1ccc(S(=O)(=O)N2CCOCC2)cc1)NCc1cccs1. The molecule has 1 aliphatic rings. The van der Waals surface area contributed by atoms with E-state index in [9.17, 15) is 13.2 Å². The van der Waals surface area contributed by atoms with Crippen molar-refractivity contribution in [1.82, 2.24) is 9.62 Å². The maximum Gasteiger partial charge on any atom is 0.244 e. The maximum absolute atomic E-state index is 12.6. The van der Waals surface area contributed by atoms with E-state index in [1.54, 1.807) is 41.7 Å². The monoisotopic (exact) mass is 392 g/mol. The number of carbonyl (C=O) groups is 1. The van der Waals surface area contributed by atoms with Crippen LogP contribution in [0.3, 0.4) is 0 Å². The van der Waals surface area contributed by atoms with Crippen LogP contribution in [0.5, 0.6) is 0 Å². The van der Waals surface area contributed by atoms with E-state index in [0.29, 0.717) is 32.8 Å². The zero-order valence-electron chi connectivity index (χ0n) is 14.1. The van der Waals surface area contributed by atoms with Crippen molar-refractivity contribution in [3.05, 3.63) is 58.3 Å². The summed E-state index contributed by atoms with van der Waals surface area (Å²) >= 11 is 1.59. The molecular formula is C18H20N2O4S2. The van der Waals surface area contributed by atoms with Gasteiger partial charge in [0.1, 0.15) is 0 Å². The minimum absolute atomic E-state index is 0.191. The van der Waals surface area contributed by atoms with Gasteiger partial charge in [-0.15, -0.1) is 11.3 Å². The number of thiophene rings is 1. The molecule has 0 saturated carbocycles. The van der Waals surface area contributed by atoms with Gasteiger partial charge in [0.2, 0.25) is 15.9 Å². The highest BCUT2D eigenvalue weighted by atomic mass is 32.2. The number of benzene rings is 1. The maximum atomic E-state index is 12.6. The van der Waals surface area contributed by atoms with Crippen LogP contribution in [0, 0.1) is 0 Å². The van der Waals surface area contributed by atoms with E-state index in [1.165, 1.54) is 10.4 Å². The van der Waals surface area contributed by atoms with Crippen molar-refractivity contribution in [2.24, 2.45) is 0 Å². The summed E-state index contributed by atoms with van der Waals surface area (Å²) in [6.45, 7) is 2.07. The second kappa shape index (κ2) is 8.59. The summed E-state index contributed by atoms with van der Waals surface area (Å²) in [5.41, 5.74) is 0.761. The Morgan fingerprint density at radius 3 is 2.58 bits per heavy atom. The van der Waals surface area contributed by atoms with E-state index in [-0.39, 0.29) is 10.8 Å². The second-order valence-electron chi connectivity index (χ2n) is 5.72. The summed E-state index contributed by atoms with van der Waals surface area (Å²) in [7, 11) is -3.49. The fourth-order valence-corrected chi connectivity index (χ4v) is 4.56. The van der Waals surface area contributed by atoms with Crippen LogP contribution in [0.15, 0.2) is 52.7 Å². The smallest absolute Gasteiger partial charge is 0.244 e. The lowest BCUT2D eigenvalue weighted by atomic mass is 10.2. The molecule has 1 aliphatic heterocycles. The van der Waals surface area contributed by atoms with Crippen LogP contribution in [0.25, 0.3) is 6.08 Å². The van der Waals surface area contributed by atoms with E-state index in [0.717, 1.165) is 10.4 Å². The summed E-state index contributed by atoms with van der Waals surface area (Å²) in [5, 5.41) is 4.77. The van der Waals surface area contributed by atoms with Gasteiger partial charge in [-0.05, 0) is 35.2 Å². The summed E-state index contributed by atoms with van der Waals surface area (Å²) in [6.07, 6.45) is 3.11. The number of amides is 1. The fraction of sp³-hybridized carbons (Fsp3) is 0.278. The highest BCUT2D eigenvalue weighted by molar-refractivity contribution is 7.89. The molecule has 6 nitrogen and oxygen atoms in total. The summed E-state index contributed by atoms with van der Waals surface area (Å²) in [4.78, 5) is 13.2. The van der Waals surface area contributed by atoms with E-state index in [2.05, 4.69) is 5.32 Å². The molecular weight excluding hydrogens is 372 g/mol. The Labute approximate surface area is 157 Å². The van der Waals surface area contributed by atoms with Crippen molar-refractivity contribution in [2.45, 2.75) is 11.4 Å². The van der Waals surface area contributed by atoms with Gasteiger partial charge in [0, 0.05) is 24.0 Å². The molecule has 8 heteroatoms. The first kappa shape index (κ1) is 18.8. The summed E-state index contributed by atoms with van der Waals surface area (Å²) < 4.78 is 31.7. The van der Waals surface area contributed by atoms with E-state index >= 15 is 0 Å². The fourth-order valence-electron chi connectivity index (χ4n) is 2.51.